The molecule has 1 atom stereocenters. The Morgan fingerprint density at radius 3 is 1.38 bits per heavy atom. The quantitative estimate of drug-likeness (QED) is 0.350. The van der Waals surface area contributed by atoms with Crippen LogP contribution in [0.2, 0.25) is 0 Å². The third-order valence-corrected chi connectivity index (χ3v) is 5.45. The highest BCUT2D eigenvalue weighted by atomic mass is 32.2. The summed E-state index contributed by atoms with van der Waals surface area (Å²) in [6, 6.07) is 0.407. The van der Waals surface area contributed by atoms with Crippen LogP contribution in [0.5, 0.6) is 0 Å². The second-order valence-electron chi connectivity index (χ2n) is 5.47. The topological polar surface area (TPSA) is 34.1 Å². The van der Waals surface area contributed by atoms with E-state index in [0.717, 1.165) is 0 Å². The monoisotopic (exact) mass is 458 g/mol. The lowest BCUT2D eigenvalue weighted by Gasteiger charge is -2.22. The molecule has 2 aromatic rings. The zero-order valence-corrected chi connectivity index (χ0v) is 14.1. The minimum atomic E-state index is -6.70. The molecule has 2 nitrogen and oxygen atoms in total. The van der Waals surface area contributed by atoms with Gasteiger partial charge in [-0.3, -0.25) is 0 Å². The highest BCUT2D eigenvalue weighted by molar-refractivity contribution is 7.92. The molecule has 0 amide bonds. The Balaban J connectivity index is 2.90. The molecule has 1 unspecified atom stereocenters. The Bertz CT molecular complexity index is 1010. The molecular formula is C15H5F11O2S. The van der Waals surface area contributed by atoms with E-state index in [1.165, 1.54) is 0 Å². The average molecular weight is 458 g/mol. The van der Waals surface area contributed by atoms with Crippen molar-refractivity contribution in [3.05, 3.63) is 70.0 Å². The largest absolute Gasteiger partial charge is 0.498 e. The molecule has 14 heteroatoms. The van der Waals surface area contributed by atoms with Crippen LogP contribution in [-0.4, -0.2) is 13.9 Å². The van der Waals surface area contributed by atoms with Gasteiger partial charge in [-0.2, -0.15) is 26.3 Å². The first-order valence-electron chi connectivity index (χ1n) is 7.00. The molecule has 0 aromatic heterocycles. The Hall–Kier alpha value is -2.38. The molecule has 0 saturated carbocycles. The fourth-order valence-electron chi connectivity index (χ4n) is 2.33. The maximum atomic E-state index is 14.0. The number of alkyl halides is 6. The highest BCUT2D eigenvalue weighted by Gasteiger charge is 2.54. The van der Waals surface area contributed by atoms with Crippen LogP contribution < -0.4 is 0 Å². The van der Waals surface area contributed by atoms with Gasteiger partial charge in [-0.1, -0.05) is 12.1 Å². The summed E-state index contributed by atoms with van der Waals surface area (Å²) < 4.78 is 168. The van der Waals surface area contributed by atoms with Crippen molar-refractivity contribution in [2.75, 3.05) is 0 Å². The molecule has 0 aliphatic carbocycles. The number of hydrogen-bond acceptors (Lipinski definition) is 2. The van der Waals surface area contributed by atoms with E-state index >= 15 is 0 Å². The van der Waals surface area contributed by atoms with Gasteiger partial charge >= 0.3 is 11.7 Å². The summed E-state index contributed by atoms with van der Waals surface area (Å²) in [6.45, 7) is 0. The van der Waals surface area contributed by atoms with Crippen LogP contribution in [0, 0.1) is 29.1 Å². The van der Waals surface area contributed by atoms with Gasteiger partial charge in [0.15, 0.2) is 23.3 Å². The van der Waals surface area contributed by atoms with Gasteiger partial charge in [0.1, 0.15) is 5.25 Å². The van der Waals surface area contributed by atoms with Crippen LogP contribution in [0.1, 0.15) is 21.9 Å². The number of hydrogen-bond donors (Lipinski definition) is 0. The third-order valence-electron chi connectivity index (χ3n) is 3.68. The van der Waals surface area contributed by atoms with Crippen LogP contribution in [0.4, 0.5) is 48.3 Å². The predicted octanol–water partition coefficient (Wildman–Crippen LogP) is 5.42. The van der Waals surface area contributed by atoms with E-state index < -0.39 is 72.5 Å². The van der Waals surface area contributed by atoms with Crippen LogP contribution in [0.25, 0.3) is 0 Å². The Kier molecular flexibility index (Phi) is 5.64. The molecule has 0 spiro atoms. The number of benzene rings is 2. The molecule has 0 N–H and O–H groups in total. The molecule has 0 aliphatic rings. The van der Waals surface area contributed by atoms with Gasteiger partial charge in [-0.05, 0) is 17.7 Å². The van der Waals surface area contributed by atoms with Crippen molar-refractivity contribution in [2.24, 2.45) is 0 Å². The van der Waals surface area contributed by atoms with E-state index in [1.807, 2.05) is 0 Å². The second kappa shape index (κ2) is 7.15. The number of halogens is 11. The standard InChI is InChI=1S/C15H5F11O2S/c16-8-7(9(17)11(19)12(20)10(8)18)13(29(27,28)15(24,25)26)5-1-3-6(4-2-5)14(21,22)23/h1-4,13H. The lowest BCUT2D eigenvalue weighted by Crippen LogP contribution is -2.31. The first-order chi connectivity index (χ1) is 13.0. The summed E-state index contributed by atoms with van der Waals surface area (Å²) in [6.07, 6.45) is -5.01. The van der Waals surface area contributed by atoms with Crippen molar-refractivity contribution in [1.29, 1.82) is 0 Å². The molecular weight excluding hydrogens is 453 g/mol. The van der Waals surface area contributed by atoms with Gasteiger partial charge in [0.2, 0.25) is 5.82 Å². The lowest BCUT2D eigenvalue weighted by atomic mass is 10.0. The number of sulfone groups is 1. The molecule has 29 heavy (non-hydrogen) atoms. The maximum Gasteiger partial charge on any atom is 0.498 e. The molecule has 0 heterocycles. The van der Waals surface area contributed by atoms with Crippen molar-refractivity contribution in [3.63, 3.8) is 0 Å². The van der Waals surface area contributed by atoms with Gasteiger partial charge in [-0.25, -0.2) is 30.4 Å². The van der Waals surface area contributed by atoms with E-state index in [4.69, 9.17) is 0 Å². The van der Waals surface area contributed by atoms with Crippen LogP contribution in [0.3, 0.4) is 0 Å². The van der Waals surface area contributed by atoms with Crippen molar-refractivity contribution >= 4 is 9.84 Å². The smallest absolute Gasteiger partial charge is 0.219 e. The maximum absolute atomic E-state index is 14.0. The SMILES string of the molecule is O=S(=O)(C(c1ccc(C(F)(F)F)cc1)c1c(F)c(F)c(F)c(F)c1F)C(F)(F)F. The van der Waals surface area contributed by atoms with Gasteiger partial charge < -0.3 is 0 Å². The molecule has 160 valence electrons. The minimum absolute atomic E-state index is 0.0836. The molecule has 0 radical (unpaired) electrons. The Morgan fingerprint density at radius 2 is 1.03 bits per heavy atom. The van der Waals surface area contributed by atoms with E-state index in [9.17, 15) is 56.7 Å². The fourth-order valence-corrected chi connectivity index (χ4v) is 3.63. The van der Waals surface area contributed by atoms with Crippen LogP contribution in [-0.2, 0) is 16.0 Å². The predicted molar refractivity (Wildman–Crippen MR) is 74.5 cm³/mol. The summed E-state index contributed by atoms with van der Waals surface area (Å²) in [4.78, 5) is 0. The minimum Gasteiger partial charge on any atom is -0.219 e. The van der Waals surface area contributed by atoms with Gasteiger partial charge in [0.25, 0.3) is 9.84 Å². The summed E-state index contributed by atoms with van der Waals surface area (Å²) in [5.41, 5.74) is -11.4. The van der Waals surface area contributed by atoms with Crippen molar-refractivity contribution in [2.45, 2.75) is 16.9 Å². The molecule has 2 aromatic carbocycles. The Morgan fingerprint density at radius 1 is 0.655 bits per heavy atom. The molecule has 0 aliphatic heterocycles. The van der Waals surface area contributed by atoms with Gasteiger partial charge in [-0.15, -0.1) is 0 Å². The third kappa shape index (κ3) is 3.89. The van der Waals surface area contributed by atoms with Crippen LogP contribution >= 0.6 is 0 Å². The van der Waals surface area contributed by atoms with E-state index in [0.29, 0.717) is 0 Å². The average Bonchev–Trinajstić information content (AvgIpc) is 2.60. The van der Waals surface area contributed by atoms with Gasteiger partial charge in [0.05, 0.1) is 11.1 Å². The van der Waals surface area contributed by atoms with E-state index in [2.05, 4.69) is 0 Å². The first kappa shape index (κ1) is 22.9. The van der Waals surface area contributed by atoms with Gasteiger partial charge in [0, 0.05) is 0 Å². The normalized spacial score (nSPS) is 14.2. The summed E-state index contributed by atoms with van der Waals surface area (Å²) in [5, 5.41) is -3.56. The van der Waals surface area contributed by atoms with Crippen molar-refractivity contribution < 1.29 is 56.7 Å². The first-order valence-corrected chi connectivity index (χ1v) is 8.55. The molecule has 0 bridgehead atoms. The zero-order chi connectivity index (χ0) is 22.5. The Labute approximate surface area is 154 Å². The van der Waals surface area contributed by atoms with E-state index in [1.54, 1.807) is 0 Å². The highest BCUT2D eigenvalue weighted by Crippen LogP contribution is 2.43. The summed E-state index contributed by atoms with van der Waals surface area (Å²) in [5.74, 6) is -14.0. The van der Waals surface area contributed by atoms with Crippen molar-refractivity contribution in [3.8, 4) is 0 Å². The fraction of sp³-hybridized carbons (Fsp3) is 0.200. The lowest BCUT2D eigenvalue weighted by molar-refractivity contribution is -0.137. The molecule has 0 fully saturated rings. The number of rotatable bonds is 3. The van der Waals surface area contributed by atoms with E-state index in [-0.39, 0.29) is 24.3 Å². The van der Waals surface area contributed by atoms with Crippen LogP contribution in [0.15, 0.2) is 24.3 Å². The van der Waals surface area contributed by atoms with Crippen molar-refractivity contribution in [1.82, 2.24) is 0 Å². The second-order valence-corrected chi connectivity index (χ2v) is 7.50. The molecule has 0 saturated heterocycles. The summed E-state index contributed by atoms with van der Waals surface area (Å²) in [7, 11) is -6.70. The summed E-state index contributed by atoms with van der Waals surface area (Å²) >= 11 is 0. The molecule has 2 rings (SSSR count). The zero-order valence-electron chi connectivity index (χ0n) is 13.3.